The summed E-state index contributed by atoms with van der Waals surface area (Å²) >= 11 is 1.61. The van der Waals surface area contributed by atoms with Gasteiger partial charge in [0.15, 0.2) is 0 Å². The van der Waals surface area contributed by atoms with Crippen LogP contribution in [-0.4, -0.2) is 53.3 Å². The lowest BCUT2D eigenvalue weighted by Crippen LogP contribution is -2.65. The van der Waals surface area contributed by atoms with Crippen molar-refractivity contribution < 1.29 is 9.53 Å². The predicted molar refractivity (Wildman–Crippen MR) is 109 cm³/mol. The summed E-state index contributed by atoms with van der Waals surface area (Å²) in [6, 6.07) is 8.90. The first-order chi connectivity index (χ1) is 13.7. The molecule has 5 rings (SSSR count). The summed E-state index contributed by atoms with van der Waals surface area (Å²) in [5.41, 5.74) is 3.05. The molecule has 3 saturated heterocycles. The number of piperidine rings is 3. The van der Waals surface area contributed by atoms with Gasteiger partial charge in [-0.2, -0.15) is 0 Å². The molecular formula is C21H26N4O2S. The first kappa shape index (κ1) is 17.9. The number of amides is 1. The van der Waals surface area contributed by atoms with Crippen LogP contribution in [0.25, 0.3) is 0 Å². The fraction of sp³-hybridized carbons (Fsp3) is 0.571. The standard InChI is InChI=1S/C21H26N4O2S/c1-27-17-5-2-4-14(8-17)9-19-16-10-15(18-6-3-7-20(26)25(18)19)11-24(12-16)21-23-22-13-28-21/h2,4-5,8,13,15-16,18-19H,3,6-7,9-12H2,1H3/t15-,16+,18+,19+/m1/s1. The Morgan fingerprint density at radius 2 is 2.18 bits per heavy atom. The number of carbonyl (C=O) groups is 1. The van der Waals surface area contributed by atoms with E-state index in [1.54, 1.807) is 18.4 Å². The highest BCUT2D eigenvalue weighted by molar-refractivity contribution is 7.13. The van der Waals surface area contributed by atoms with Crippen LogP contribution in [0.3, 0.4) is 0 Å². The Morgan fingerprint density at radius 3 is 3.00 bits per heavy atom. The Kier molecular flexibility index (Phi) is 4.70. The molecule has 2 bridgehead atoms. The molecule has 0 aliphatic carbocycles. The molecule has 148 valence electrons. The summed E-state index contributed by atoms with van der Waals surface area (Å²) in [7, 11) is 1.70. The monoisotopic (exact) mass is 398 g/mol. The number of benzene rings is 1. The molecule has 7 heteroatoms. The maximum atomic E-state index is 13.0. The highest BCUT2D eigenvalue weighted by atomic mass is 32.1. The van der Waals surface area contributed by atoms with Gasteiger partial charge in [0.2, 0.25) is 11.0 Å². The summed E-state index contributed by atoms with van der Waals surface area (Å²) in [6.45, 7) is 1.95. The van der Waals surface area contributed by atoms with Crippen molar-refractivity contribution in [3.63, 3.8) is 0 Å². The largest absolute Gasteiger partial charge is 0.497 e. The van der Waals surface area contributed by atoms with Gasteiger partial charge in [-0.15, -0.1) is 10.2 Å². The van der Waals surface area contributed by atoms with Gasteiger partial charge < -0.3 is 14.5 Å². The van der Waals surface area contributed by atoms with Gasteiger partial charge in [0, 0.05) is 31.6 Å². The van der Waals surface area contributed by atoms with Gasteiger partial charge in [-0.3, -0.25) is 4.79 Å². The third-order valence-corrected chi connectivity index (χ3v) is 7.45. The highest BCUT2D eigenvalue weighted by Gasteiger charge is 2.49. The van der Waals surface area contributed by atoms with Crippen molar-refractivity contribution in [2.45, 2.75) is 44.2 Å². The van der Waals surface area contributed by atoms with Gasteiger partial charge in [-0.1, -0.05) is 23.5 Å². The number of ether oxygens (including phenoxy) is 1. The number of carbonyl (C=O) groups excluding carboxylic acids is 1. The van der Waals surface area contributed by atoms with E-state index < -0.39 is 0 Å². The van der Waals surface area contributed by atoms with E-state index in [2.05, 4.69) is 32.1 Å². The van der Waals surface area contributed by atoms with E-state index in [1.165, 1.54) is 12.0 Å². The zero-order valence-electron chi connectivity index (χ0n) is 16.2. The first-order valence-electron chi connectivity index (χ1n) is 10.2. The Hall–Kier alpha value is -2.15. The van der Waals surface area contributed by atoms with Crippen LogP contribution in [0.2, 0.25) is 0 Å². The van der Waals surface area contributed by atoms with Crippen molar-refractivity contribution >= 4 is 22.4 Å². The fourth-order valence-electron chi connectivity index (χ4n) is 5.54. The SMILES string of the molecule is COc1cccc(C[C@H]2[C@H]3C[C@H](CN(c4nncs4)C3)[C@@H]3CCCC(=O)N32)c1. The van der Waals surface area contributed by atoms with Crippen molar-refractivity contribution in [1.82, 2.24) is 15.1 Å². The minimum Gasteiger partial charge on any atom is -0.497 e. The van der Waals surface area contributed by atoms with Gasteiger partial charge in [-0.05, 0) is 55.2 Å². The second-order valence-electron chi connectivity index (χ2n) is 8.27. The fourth-order valence-corrected chi connectivity index (χ4v) is 6.12. The van der Waals surface area contributed by atoms with E-state index in [1.807, 2.05) is 17.6 Å². The van der Waals surface area contributed by atoms with Crippen LogP contribution in [0.1, 0.15) is 31.2 Å². The molecule has 3 fully saturated rings. The Labute approximate surface area is 169 Å². The molecule has 0 radical (unpaired) electrons. The van der Waals surface area contributed by atoms with Crippen LogP contribution in [-0.2, 0) is 11.2 Å². The van der Waals surface area contributed by atoms with Gasteiger partial charge in [0.25, 0.3) is 0 Å². The van der Waals surface area contributed by atoms with E-state index in [9.17, 15) is 4.79 Å². The number of anilines is 1. The van der Waals surface area contributed by atoms with E-state index in [4.69, 9.17) is 4.74 Å². The minimum absolute atomic E-state index is 0.247. The van der Waals surface area contributed by atoms with Crippen LogP contribution in [0, 0.1) is 11.8 Å². The number of fused-ring (bicyclic) bond motifs is 4. The molecule has 0 N–H and O–H groups in total. The molecule has 0 saturated carbocycles. The number of aromatic nitrogens is 2. The van der Waals surface area contributed by atoms with Crippen molar-refractivity contribution in [3.8, 4) is 5.75 Å². The highest BCUT2D eigenvalue weighted by Crippen LogP contribution is 2.43. The van der Waals surface area contributed by atoms with E-state index in [0.29, 0.717) is 30.2 Å². The summed E-state index contributed by atoms with van der Waals surface area (Å²) in [5, 5.41) is 9.37. The summed E-state index contributed by atoms with van der Waals surface area (Å²) in [6.07, 6.45) is 4.94. The van der Waals surface area contributed by atoms with Crippen molar-refractivity contribution in [1.29, 1.82) is 0 Å². The number of hydrogen-bond donors (Lipinski definition) is 0. The van der Waals surface area contributed by atoms with E-state index >= 15 is 0 Å². The Bertz CT molecular complexity index is 843. The molecule has 3 aliphatic rings. The summed E-state index contributed by atoms with van der Waals surface area (Å²) < 4.78 is 5.42. The quantitative estimate of drug-likeness (QED) is 0.792. The normalized spacial score (nSPS) is 29.5. The molecule has 4 atom stereocenters. The molecule has 28 heavy (non-hydrogen) atoms. The molecule has 3 aliphatic heterocycles. The number of methoxy groups -OCH3 is 1. The van der Waals surface area contributed by atoms with Crippen LogP contribution in [0.4, 0.5) is 5.13 Å². The third kappa shape index (κ3) is 3.15. The van der Waals surface area contributed by atoms with E-state index in [0.717, 1.165) is 43.2 Å². The maximum absolute atomic E-state index is 13.0. The molecule has 0 spiro atoms. The van der Waals surface area contributed by atoms with Crippen LogP contribution >= 0.6 is 11.3 Å². The number of nitrogens with zero attached hydrogens (tertiary/aromatic N) is 4. The molecule has 6 nitrogen and oxygen atoms in total. The molecule has 1 aromatic heterocycles. The first-order valence-corrected chi connectivity index (χ1v) is 11.1. The number of hydrogen-bond acceptors (Lipinski definition) is 6. The zero-order chi connectivity index (χ0) is 19.1. The van der Waals surface area contributed by atoms with Crippen LogP contribution < -0.4 is 9.64 Å². The molecule has 0 unspecified atom stereocenters. The van der Waals surface area contributed by atoms with Gasteiger partial charge in [0.05, 0.1) is 7.11 Å². The third-order valence-electron chi connectivity index (χ3n) is 6.69. The van der Waals surface area contributed by atoms with Gasteiger partial charge >= 0.3 is 0 Å². The van der Waals surface area contributed by atoms with Gasteiger partial charge in [0.1, 0.15) is 11.3 Å². The lowest BCUT2D eigenvalue weighted by atomic mass is 9.71. The zero-order valence-corrected chi connectivity index (χ0v) is 17.0. The lowest BCUT2D eigenvalue weighted by molar-refractivity contribution is -0.148. The molecule has 1 amide bonds. The second kappa shape index (κ2) is 7.35. The predicted octanol–water partition coefficient (Wildman–Crippen LogP) is 3.00. The van der Waals surface area contributed by atoms with Crippen molar-refractivity contribution in [2.75, 3.05) is 25.1 Å². The van der Waals surface area contributed by atoms with Gasteiger partial charge in [-0.25, -0.2) is 0 Å². The maximum Gasteiger partial charge on any atom is 0.223 e. The number of rotatable bonds is 4. The average molecular weight is 399 g/mol. The van der Waals surface area contributed by atoms with Crippen LogP contribution in [0.15, 0.2) is 29.8 Å². The Balaban J connectivity index is 1.46. The smallest absolute Gasteiger partial charge is 0.223 e. The molecular weight excluding hydrogens is 372 g/mol. The Morgan fingerprint density at radius 1 is 1.29 bits per heavy atom. The summed E-state index contributed by atoms with van der Waals surface area (Å²) in [5.74, 6) is 2.23. The van der Waals surface area contributed by atoms with E-state index in [-0.39, 0.29) is 6.04 Å². The molecule has 1 aromatic carbocycles. The average Bonchev–Trinajstić information content (AvgIpc) is 3.26. The minimum atomic E-state index is 0.247. The van der Waals surface area contributed by atoms with Crippen molar-refractivity contribution in [3.05, 3.63) is 35.3 Å². The second-order valence-corrected chi connectivity index (χ2v) is 9.08. The summed E-state index contributed by atoms with van der Waals surface area (Å²) in [4.78, 5) is 17.6. The van der Waals surface area contributed by atoms with Crippen LogP contribution in [0.5, 0.6) is 5.75 Å². The molecule has 2 aromatic rings. The van der Waals surface area contributed by atoms with Crippen molar-refractivity contribution in [2.24, 2.45) is 11.8 Å². The topological polar surface area (TPSA) is 58.6 Å². The lowest BCUT2D eigenvalue weighted by Gasteiger charge is -2.56. The molecule has 4 heterocycles.